The molecule has 1 unspecified atom stereocenters. The molecule has 0 N–H and O–H groups in total. The third-order valence-corrected chi connectivity index (χ3v) is 4.94. The molecule has 1 heterocycles. The number of hydrogen-bond acceptors (Lipinski definition) is 5. The van der Waals surface area contributed by atoms with Crippen LogP contribution < -0.4 is 9.47 Å². The van der Waals surface area contributed by atoms with Crippen LogP contribution in [0, 0.1) is 6.92 Å². The molecular formula is C21H18Cl2O5. The predicted octanol–water partition coefficient (Wildman–Crippen LogP) is 5.25. The van der Waals surface area contributed by atoms with Gasteiger partial charge in [-0.2, -0.15) is 0 Å². The normalized spacial score (nSPS) is 15.2. The van der Waals surface area contributed by atoms with E-state index in [1.54, 1.807) is 57.2 Å². The fraction of sp³-hybridized carbons (Fsp3) is 0.238. The van der Waals surface area contributed by atoms with Crippen molar-refractivity contribution in [1.82, 2.24) is 0 Å². The maximum Gasteiger partial charge on any atom is 0.347 e. The molecule has 0 spiro atoms. The molecule has 0 aromatic heterocycles. The van der Waals surface area contributed by atoms with E-state index in [4.69, 9.17) is 37.4 Å². The lowest BCUT2D eigenvalue weighted by molar-refractivity contribution is -0.150. The Kier molecular flexibility index (Phi) is 5.96. The number of Topliss-reactive ketones (excluding diaryl/α,β-unsaturated/α-hetero) is 1. The minimum absolute atomic E-state index is 0.173. The van der Waals surface area contributed by atoms with E-state index in [1.165, 1.54) is 0 Å². The average molecular weight is 421 g/mol. The van der Waals surface area contributed by atoms with E-state index < -0.39 is 12.1 Å². The topological polar surface area (TPSA) is 61.8 Å². The van der Waals surface area contributed by atoms with Gasteiger partial charge < -0.3 is 14.2 Å². The van der Waals surface area contributed by atoms with Crippen LogP contribution in [0.1, 0.15) is 35.3 Å². The molecule has 7 heteroatoms. The molecular weight excluding hydrogens is 403 g/mol. The molecule has 0 saturated carbocycles. The number of hydrogen-bond donors (Lipinski definition) is 0. The monoisotopic (exact) mass is 420 g/mol. The van der Waals surface area contributed by atoms with Gasteiger partial charge in [0.1, 0.15) is 11.5 Å². The van der Waals surface area contributed by atoms with E-state index in [-0.39, 0.29) is 18.1 Å². The van der Waals surface area contributed by atoms with Gasteiger partial charge in [-0.1, -0.05) is 29.3 Å². The van der Waals surface area contributed by atoms with Crippen molar-refractivity contribution >= 4 is 41.0 Å². The van der Waals surface area contributed by atoms with Crippen molar-refractivity contribution < 1.29 is 23.8 Å². The average Bonchev–Trinajstić information content (AvgIpc) is 2.97. The SMILES string of the molecule is CCOC(=O)C(C)Oc1ccc2c(c1C)O/C(=C\c1ccc(Cl)c(Cl)c1)C2=O. The molecule has 1 aliphatic heterocycles. The fourth-order valence-electron chi connectivity index (χ4n) is 2.75. The molecule has 3 rings (SSSR count). The van der Waals surface area contributed by atoms with Crippen molar-refractivity contribution in [3.8, 4) is 11.5 Å². The molecule has 1 atom stereocenters. The number of halogens is 2. The molecule has 0 amide bonds. The van der Waals surface area contributed by atoms with Crippen molar-refractivity contribution in [2.75, 3.05) is 6.61 Å². The summed E-state index contributed by atoms with van der Waals surface area (Å²) in [4.78, 5) is 24.5. The number of benzene rings is 2. The highest BCUT2D eigenvalue weighted by atomic mass is 35.5. The second-order valence-corrected chi connectivity index (χ2v) is 7.01. The Morgan fingerprint density at radius 3 is 2.64 bits per heavy atom. The van der Waals surface area contributed by atoms with Gasteiger partial charge in [-0.25, -0.2) is 4.79 Å². The van der Waals surface area contributed by atoms with Crippen LogP contribution in [0.4, 0.5) is 0 Å². The van der Waals surface area contributed by atoms with E-state index in [0.717, 1.165) is 0 Å². The Bertz CT molecular complexity index is 981. The van der Waals surface area contributed by atoms with E-state index in [0.29, 0.717) is 38.2 Å². The third kappa shape index (κ3) is 4.01. The van der Waals surface area contributed by atoms with Gasteiger partial charge in [-0.05, 0) is 56.7 Å². The number of allylic oxidation sites excluding steroid dienone is 1. The molecule has 0 radical (unpaired) electrons. The van der Waals surface area contributed by atoms with Gasteiger partial charge in [-0.15, -0.1) is 0 Å². The Balaban J connectivity index is 1.87. The number of carbonyl (C=O) groups excluding carboxylic acids is 2. The van der Waals surface area contributed by atoms with E-state index in [1.807, 2.05) is 0 Å². The van der Waals surface area contributed by atoms with Gasteiger partial charge in [-0.3, -0.25) is 4.79 Å². The molecule has 0 saturated heterocycles. The summed E-state index contributed by atoms with van der Waals surface area (Å²) in [5.74, 6) is 0.327. The lowest BCUT2D eigenvalue weighted by Crippen LogP contribution is -2.26. The molecule has 1 aliphatic rings. The van der Waals surface area contributed by atoms with E-state index in [2.05, 4.69) is 0 Å². The summed E-state index contributed by atoms with van der Waals surface area (Å²) in [5.41, 5.74) is 1.75. The van der Waals surface area contributed by atoms with Crippen LogP contribution in [-0.2, 0) is 9.53 Å². The summed E-state index contributed by atoms with van der Waals surface area (Å²) in [6, 6.07) is 8.31. The Labute approximate surface area is 172 Å². The number of ether oxygens (including phenoxy) is 3. The summed E-state index contributed by atoms with van der Waals surface area (Å²) >= 11 is 11.9. The van der Waals surface area contributed by atoms with Crippen molar-refractivity contribution in [2.45, 2.75) is 26.9 Å². The summed E-state index contributed by atoms with van der Waals surface area (Å²) in [7, 11) is 0. The molecule has 0 aliphatic carbocycles. The van der Waals surface area contributed by atoms with Crippen molar-refractivity contribution in [3.05, 3.63) is 62.8 Å². The summed E-state index contributed by atoms with van der Waals surface area (Å²) in [5, 5.41) is 0.818. The second-order valence-electron chi connectivity index (χ2n) is 6.19. The smallest absolute Gasteiger partial charge is 0.347 e. The molecule has 5 nitrogen and oxygen atoms in total. The lowest BCUT2D eigenvalue weighted by Gasteiger charge is -2.16. The van der Waals surface area contributed by atoms with Crippen LogP contribution in [0.2, 0.25) is 10.0 Å². The fourth-order valence-corrected chi connectivity index (χ4v) is 3.05. The van der Waals surface area contributed by atoms with Crippen LogP contribution in [0.25, 0.3) is 6.08 Å². The molecule has 2 aromatic rings. The van der Waals surface area contributed by atoms with Crippen LogP contribution in [-0.4, -0.2) is 24.5 Å². The quantitative estimate of drug-likeness (QED) is 0.488. The zero-order valence-electron chi connectivity index (χ0n) is 15.5. The number of rotatable bonds is 5. The molecule has 146 valence electrons. The molecule has 0 bridgehead atoms. The first kappa shape index (κ1) is 20.2. The van der Waals surface area contributed by atoms with Crippen LogP contribution in [0.5, 0.6) is 11.5 Å². The van der Waals surface area contributed by atoms with Gasteiger partial charge in [0.05, 0.1) is 22.2 Å². The lowest BCUT2D eigenvalue weighted by atomic mass is 10.1. The van der Waals surface area contributed by atoms with Crippen LogP contribution in [0.3, 0.4) is 0 Å². The van der Waals surface area contributed by atoms with Crippen LogP contribution in [0.15, 0.2) is 36.1 Å². The highest BCUT2D eigenvalue weighted by Gasteiger charge is 2.31. The minimum Gasteiger partial charge on any atom is -0.479 e. The van der Waals surface area contributed by atoms with Crippen molar-refractivity contribution in [1.29, 1.82) is 0 Å². The second kappa shape index (κ2) is 8.25. The highest BCUT2D eigenvalue weighted by Crippen LogP contribution is 2.39. The Hall–Kier alpha value is -2.50. The maximum absolute atomic E-state index is 12.7. The zero-order valence-corrected chi connectivity index (χ0v) is 17.1. The molecule has 2 aromatic carbocycles. The Morgan fingerprint density at radius 2 is 1.96 bits per heavy atom. The van der Waals surface area contributed by atoms with E-state index >= 15 is 0 Å². The maximum atomic E-state index is 12.7. The van der Waals surface area contributed by atoms with E-state index in [9.17, 15) is 9.59 Å². The number of esters is 1. The third-order valence-electron chi connectivity index (χ3n) is 4.20. The van der Waals surface area contributed by atoms with Gasteiger partial charge in [0, 0.05) is 5.56 Å². The van der Waals surface area contributed by atoms with Gasteiger partial charge >= 0.3 is 5.97 Å². The van der Waals surface area contributed by atoms with Crippen molar-refractivity contribution in [2.24, 2.45) is 0 Å². The van der Waals surface area contributed by atoms with Crippen molar-refractivity contribution in [3.63, 3.8) is 0 Å². The van der Waals surface area contributed by atoms with Gasteiger partial charge in [0.15, 0.2) is 11.9 Å². The first-order chi connectivity index (χ1) is 13.3. The molecule has 28 heavy (non-hydrogen) atoms. The first-order valence-corrected chi connectivity index (χ1v) is 9.43. The first-order valence-electron chi connectivity index (χ1n) is 8.68. The van der Waals surface area contributed by atoms with Crippen LogP contribution >= 0.6 is 23.2 Å². The number of fused-ring (bicyclic) bond motifs is 1. The van der Waals surface area contributed by atoms with Gasteiger partial charge in [0.25, 0.3) is 0 Å². The standard InChI is InChI=1S/C21H18Cl2O5/c1-4-26-21(25)12(3)27-17-8-6-14-19(24)18(28-20(14)11(17)2)10-13-5-7-15(22)16(23)9-13/h5-10,12H,4H2,1-3H3/b18-10-. The molecule has 0 fully saturated rings. The highest BCUT2D eigenvalue weighted by molar-refractivity contribution is 6.42. The summed E-state index contributed by atoms with van der Waals surface area (Å²) < 4.78 is 16.4. The Morgan fingerprint density at radius 1 is 1.21 bits per heavy atom. The largest absolute Gasteiger partial charge is 0.479 e. The summed E-state index contributed by atoms with van der Waals surface area (Å²) in [6.45, 7) is 5.37. The zero-order chi connectivity index (χ0) is 20.4. The predicted molar refractivity (Wildman–Crippen MR) is 107 cm³/mol. The summed E-state index contributed by atoms with van der Waals surface area (Å²) in [6.07, 6.45) is 0.825. The minimum atomic E-state index is -0.778. The van der Waals surface area contributed by atoms with Gasteiger partial charge in [0.2, 0.25) is 5.78 Å². The number of ketones is 1. The number of carbonyl (C=O) groups is 2.